The Kier molecular flexibility index (Phi) is 5.45. The molecular formula is C11H24N2O. The molecule has 0 spiro atoms. The minimum atomic E-state index is 0.365. The van der Waals surface area contributed by atoms with Crippen LogP contribution in [0.2, 0.25) is 0 Å². The van der Waals surface area contributed by atoms with E-state index in [4.69, 9.17) is 10.5 Å². The van der Waals surface area contributed by atoms with E-state index >= 15 is 0 Å². The van der Waals surface area contributed by atoms with Crippen molar-refractivity contribution in [2.45, 2.75) is 32.7 Å². The Labute approximate surface area is 87.6 Å². The second kappa shape index (κ2) is 6.38. The standard InChI is InChI=1S/C11H24N2O/c1-3-14-9-8-13-6-4-11(5-7-13)10(2)12/h10-11H,3-9,12H2,1-2H3. The van der Waals surface area contributed by atoms with Gasteiger partial charge in [-0.05, 0) is 45.7 Å². The van der Waals surface area contributed by atoms with Crippen LogP contribution in [-0.2, 0) is 4.74 Å². The molecule has 1 saturated heterocycles. The number of likely N-dealkylation sites (tertiary alicyclic amines) is 1. The van der Waals surface area contributed by atoms with Crippen LogP contribution in [0, 0.1) is 5.92 Å². The molecule has 0 aromatic carbocycles. The summed E-state index contributed by atoms with van der Waals surface area (Å²) < 4.78 is 5.34. The quantitative estimate of drug-likeness (QED) is 0.675. The molecule has 0 amide bonds. The molecule has 14 heavy (non-hydrogen) atoms. The highest BCUT2D eigenvalue weighted by atomic mass is 16.5. The average molecular weight is 200 g/mol. The van der Waals surface area contributed by atoms with Gasteiger partial charge in [0.25, 0.3) is 0 Å². The van der Waals surface area contributed by atoms with Crippen LogP contribution in [0.1, 0.15) is 26.7 Å². The fraction of sp³-hybridized carbons (Fsp3) is 1.00. The van der Waals surface area contributed by atoms with Gasteiger partial charge in [-0.25, -0.2) is 0 Å². The molecule has 0 bridgehead atoms. The minimum absolute atomic E-state index is 0.365. The Morgan fingerprint density at radius 1 is 1.43 bits per heavy atom. The van der Waals surface area contributed by atoms with E-state index in [0.717, 1.165) is 25.7 Å². The van der Waals surface area contributed by atoms with Gasteiger partial charge in [0, 0.05) is 19.2 Å². The lowest BCUT2D eigenvalue weighted by Crippen LogP contribution is -2.40. The lowest BCUT2D eigenvalue weighted by atomic mass is 9.91. The van der Waals surface area contributed by atoms with Crippen LogP contribution in [-0.4, -0.2) is 43.8 Å². The fourth-order valence-corrected chi connectivity index (χ4v) is 2.04. The largest absolute Gasteiger partial charge is 0.380 e. The van der Waals surface area contributed by atoms with E-state index in [0.29, 0.717) is 6.04 Å². The zero-order valence-electron chi connectivity index (χ0n) is 9.54. The number of piperidine rings is 1. The van der Waals surface area contributed by atoms with E-state index < -0.39 is 0 Å². The molecule has 1 aliphatic rings. The summed E-state index contributed by atoms with van der Waals surface area (Å²) >= 11 is 0. The van der Waals surface area contributed by atoms with Gasteiger partial charge >= 0.3 is 0 Å². The first kappa shape index (κ1) is 12.0. The monoisotopic (exact) mass is 200 g/mol. The first-order valence-electron chi connectivity index (χ1n) is 5.79. The summed E-state index contributed by atoms with van der Waals surface area (Å²) in [5.74, 6) is 0.735. The van der Waals surface area contributed by atoms with Crippen LogP contribution in [0.15, 0.2) is 0 Å². The summed E-state index contributed by atoms with van der Waals surface area (Å²) in [6.45, 7) is 9.34. The highest BCUT2D eigenvalue weighted by molar-refractivity contribution is 4.77. The van der Waals surface area contributed by atoms with E-state index in [2.05, 4.69) is 11.8 Å². The van der Waals surface area contributed by atoms with Gasteiger partial charge in [-0.2, -0.15) is 0 Å². The van der Waals surface area contributed by atoms with Crippen molar-refractivity contribution in [2.24, 2.45) is 11.7 Å². The topological polar surface area (TPSA) is 38.5 Å². The third kappa shape index (κ3) is 3.95. The molecule has 1 heterocycles. The molecule has 0 aromatic rings. The SMILES string of the molecule is CCOCCN1CCC(C(C)N)CC1. The molecular weight excluding hydrogens is 176 g/mol. The number of nitrogens with two attached hydrogens (primary N) is 1. The highest BCUT2D eigenvalue weighted by Crippen LogP contribution is 2.18. The van der Waals surface area contributed by atoms with Gasteiger partial charge in [-0.3, -0.25) is 0 Å². The van der Waals surface area contributed by atoms with Gasteiger partial charge < -0.3 is 15.4 Å². The molecule has 3 heteroatoms. The molecule has 3 nitrogen and oxygen atoms in total. The van der Waals surface area contributed by atoms with Crippen molar-refractivity contribution in [1.82, 2.24) is 4.90 Å². The molecule has 2 N–H and O–H groups in total. The summed E-state index contributed by atoms with van der Waals surface area (Å²) in [5, 5.41) is 0. The van der Waals surface area contributed by atoms with Crippen LogP contribution < -0.4 is 5.73 Å². The van der Waals surface area contributed by atoms with E-state index in [-0.39, 0.29) is 0 Å². The van der Waals surface area contributed by atoms with Crippen molar-refractivity contribution in [3.63, 3.8) is 0 Å². The summed E-state index contributed by atoms with van der Waals surface area (Å²) in [5.41, 5.74) is 5.89. The second-order valence-corrected chi connectivity index (χ2v) is 4.24. The van der Waals surface area contributed by atoms with Crippen LogP contribution in [0.5, 0.6) is 0 Å². The van der Waals surface area contributed by atoms with E-state index in [1.54, 1.807) is 0 Å². The number of ether oxygens (including phenoxy) is 1. The molecule has 1 fully saturated rings. The van der Waals surface area contributed by atoms with Crippen LogP contribution in [0.3, 0.4) is 0 Å². The van der Waals surface area contributed by atoms with Gasteiger partial charge in [0.2, 0.25) is 0 Å². The smallest absolute Gasteiger partial charge is 0.0593 e. The molecule has 0 radical (unpaired) electrons. The molecule has 1 aliphatic heterocycles. The van der Waals surface area contributed by atoms with Crippen LogP contribution in [0.25, 0.3) is 0 Å². The lowest BCUT2D eigenvalue weighted by molar-refractivity contribution is 0.0931. The van der Waals surface area contributed by atoms with Crippen LogP contribution in [0.4, 0.5) is 0 Å². The molecule has 1 rings (SSSR count). The molecule has 0 aromatic heterocycles. The third-order valence-electron chi connectivity index (χ3n) is 3.13. The maximum atomic E-state index is 5.89. The minimum Gasteiger partial charge on any atom is -0.380 e. The number of hydrogen-bond donors (Lipinski definition) is 1. The predicted octanol–water partition coefficient (Wildman–Crippen LogP) is 1.08. The van der Waals surface area contributed by atoms with Crippen LogP contribution >= 0.6 is 0 Å². The summed E-state index contributed by atoms with van der Waals surface area (Å²) in [4.78, 5) is 2.48. The average Bonchev–Trinajstić information content (AvgIpc) is 2.19. The van der Waals surface area contributed by atoms with Crippen molar-refractivity contribution in [3.05, 3.63) is 0 Å². The van der Waals surface area contributed by atoms with Gasteiger partial charge in [0.1, 0.15) is 0 Å². The maximum Gasteiger partial charge on any atom is 0.0593 e. The fourth-order valence-electron chi connectivity index (χ4n) is 2.04. The van der Waals surface area contributed by atoms with Gasteiger partial charge in [0.15, 0.2) is 0 Å². The van der Waals surface area contributed by atoms with Gasteiger partial charge in [-0.1, -0.05) is 0 Å². The van der Waals surface area contributed by atoms with Gasteiger partial charge in [0.05, 0.1) is 6.61 Å². The normalized spacial score (nSPS) is 22.5. The first-order valence-corrected chi connectivity index (χ1v) is 5.79. The molecule has 0 saturated carbocycles. The molecule has 1 unspecified atom stereocenters. The molecule has 84 valence electrons. The maximum absolute atomic E-state index is 5.89. The second-order valence-electron chi connectivity index (χ2n) is 4.24. The van der Waals surface area contributed by atoms with Crippen molar-refractivity contribution in [1.29, 1.82) is 0 Å². The summed E-state index contributed by atoms with van der Waals surface area (Å²) in [6, 6.07) is 0.365. The predicted molar refractivity (Wildman–Crippen MR) is 59.3 cm³/mol. The highest BCUT2D eigenvalue weighted by Gasteiger charge is 2.21. The van der Waals surface area contributed by atoms with Crippen molar-refractivity contribution < 1.29 is 4.74 Å². The van der Waals surface area contributed by atoms with Crippen molar-refractivity contribution in [2.75, 3.05) is 32.8 Å². The Hall–Kier alpha value is -0.120. The Balaban J connectivity index is 2.09. The van der Waals surface area contributed by atoms with Crippen molar-refractivity contribution >= 4 is 0 Å². The summed E-state index contributed by atoms with van der Waals surface area (Å²) in [7, 11) is 0. The summed E-state index contributed by atoms with van der Waals surface area (Å²) in [6.07, 6.45) is 2.51. The first-order chi connectivity index (χ1) is 6.74. The zero-order valence-corrected chi connectivity index (χ0v) is 9.54. The lowest BCUT2D eigenvalue weighted by Gasteiger charge is -2.33. The number of nitrogens with zero attached hydrogens (tertiary/aromatic N) is 1. The Morgan fingerprint density at radius 3 is 2.57 bits per heavy atom. The number of hydrogen-bond acceptors (Lipinski definition) is 3. The van der Waals surface area contributed by atoms with Crippen molar-refractivity contribution in [3.8, 4) is 0 Å². The molecule has 0 aliphatic carbocycles. The number of rotatable bonds is 5. The van der Waals surface area contributed by atoms with E-state index in [9.17, 15) is 0 Å². The molecule has 1 atom stereocenters. The van der Waals surface area contributed by atoms with Gasteiger partial charge in [-0.15, -0.1) is 0 Å². The van der Waals surface area contributed by atoms with E-state index in [1.165, 1.54) is 25.9 Å². The Bertz CT molecular complexity index is 142. The van der Waals surface area contributed by atoms with E-state index in [1.807, 2.05) is 6.92 Å². The Morgan fingerprint density at radius 2 is 2.07 bits per heavy atom. The zero-order chi connectivity index (χ0) is 10.4. The third-order valence-corrected chi connectivity index (χ3v) is 3.13.